The van der Waals surface area contributed by atoms with Gasteiger partial charge in [0.15, 0.2) is 5.65 Å². The van der Waals surface area contributed by atoms with Crippen LogP contribution in [-0.4, -0.2) is 19.5 Å². The number of nitrogens with two attached hydrogens (primary N) is 1. The average Bonchev–Trinajstić information content (AvgIpc) is 2.78. The predicted octanol–water partition coefficient (Wildman–Crippen LogP) is 0.810. The molecule has 0 spiro atoms. The van der Waals surface area contributed by atoms with E-state index in [0.29, 0.717) is 17.0 Å². The molecule has 0 amide bonds. The molecule has 3 aromatic rings. The Hall–Kier alpha value is -2.63. The predicted molar refractivity (Wildman–Crippen MR) is 63.5 cm³/mol. The smallest absolute Gasteiger partial charge is 0.230 e. The topological polar surface area (TPSA) is 96.4 Å². The molecule has 17 heavy (non-hydrogen) atoms. The number of rotatable bonds is 1. The monoisotopic (exact) mass is 226 g/mol. The highest BCUT2D eigenvalue weighted by atomic mass is 15.2. The first kappa shape index (κ1) is 9.59. The van der Waals surface area contributed by atoms with Crippen molar-refractivity contribution in [3.05, 3.63) is 42.3 Å². The van der Waals surface area contributed by atoms with Crippen LogP contribution < -0.4 is 11.4 Å². The normalized spacial score (nSPS) is 10.8. The second kappa shape index (κ2) is 3.44. The standard InChI is InChI=1S/C11H10N6/c12-9-8-10(15-6-14-8)16-11(13)17(9)7-4-2-1-3-5-7/h1-6H,12H2,(H2,13,14,15,16). The number of aromatic amines is 1. The number of H-pyrrole nitrogens is 1. The van der Waals surface area contributed by atoms with Gasteiger partial charge in [-0.3, -0.25) is 9.98 Å². The van der Waals surface area contributed by atoms with Gasteiger partial charge in [0.05, 0.1) is 12.0 Å². The lowest BCUT2D eigenvalue weighted by atomic mass is 10.3. The fourth-order valence-electron chi connectivity index (χ4n) is 1.77. The van der Waals surface area contributed by atoms with E-state index in [1.807, 2.05) is 30.3 Å². The highest BCUT2D eigenvalue weighted by Crippen LogP contribution is 2.16. The molecule has 0 bridgehead atoms. The molecule has 1 aromatic carbocycles. The molecule has 6 heteroatoms. The summed E-state index contributed by atoms with van der Waals surface area (Å²) in [6.45, 7) is 0. The zero-order chi connectivity index (χ0) is 11.8. The summed E-state index contributed by atoms with van der Waals surface area (Å²) in [6, 6.07) is 9.43. The van der Waals surface area contributed by atoms with Gasteiger partial charge in [-0.05, 0) is 12.1 Å². The molecule has 0 fully saturated rings. The van der Waals surface area contributed by atoms with Crippen molar-refractivity contribution >= 4 is 17.0 Å². The lowest BCUT2D eigenvalue weighted by Gasteiger charge is -2.09. The van der Waals surface area contributed by atoms with Crippen molar-refractivity contribution in [2.45, 2.75) is 0 Å². The van der Waals surface area contributed by atoms with Gasteiger partial charge in [0.2, 0.25) is 5.62 Å². The molecule has 0 aliphatic heterocycles. The quantitative estimate of drug-likeness (QED) is 0.572. The highest BCUT2D eigenvalue weighted by Gasteiger charge is 2.09. The molecule has 2 heterocycles. The number of nitrogen functional groups attached to an aromatic ring is 1. The van der Waals surface area contributed by atoms with E-state index in [9.17, 15) is 0 Å². The van der Waals surface area contributed by atoms with E-state index in [1.54, 1.807) is 4.57 Å². The van der Waals surface area contributed by atoms with Gasteiger partial charge in [0, 0.05) is 0 Å². The van der Waals surface area contributed by atoms with Crippen LogP contribution in [0.5, 0.6) is 0 Å². The van der Waals surface area contributed by atoms with Gasteiger partial charge < -0.3 is 10.7 Å². The molecule has 84 valence electrons. The zero-order valence-electron chi connectivity index (χ0n) is 8.88. The summed E-state index contributed by atoms with van der Waals surface area (Å²) in [4.78, 5) is 11.0. The molecule has 0 aliphatic rings. The van der Waals surface area contributed by atoms with E-state index < -0.39 is 0 Å². The number of hydrogen-bond donors (Lipinski definition) is 3. The van der Waals surface area contributed by atoms with Crippen molar-refractivity contribution in [3.8, 4) is 5.69 Å². The van der Waals surface area contributed by atoms with Crippen LogP contribution >= 0.6 is 0 Å². The van der Waals surface area contributed by atoms with Gasteiger partial charge in [-0.2, -0.15) is 4.98 Å². The summed E-state index contributed by atoms with van der Waals surface area (Å²) in [5, 5.41) is 7.89. The Kier molecular flexibility index (Phi) is 1.94. The highest BCUT2D eigenvalue weighted by molar-refractivity contribution is 5.81. The molecule has 2 aromatic heterocycles. The summed E-state index contributed by atoms with van der Waals surface area (Å²) in [6.07, 6.45) is 1.52. The minimum absolute atomic E-state index is 0.0632. The average molecular weight is 226 g/mol. The van der Waals surface area contributed by atoms with E-state index >= 15 is 0 Å². The second-order valence-electron chi connectivity index (χ2n) is 3.59. The molecule has 4 N–H and O–H groups in total. The van der Waals surface area contributed by atoms with Crippen molar-refractivity contribution in [2.24, 2.45) is 0 Å². The third-order valence-electron chi connectivity index (χ3n) is 2.55. The van der Waals surface area contributed by atoms with Crippen LogP contribution in [0.1, 0.15) is 0 Å². The molecule has 0 radical (unpaired) electrons. The van der Waals surface area contributed by atoms with Crippen molar-refractivity contribution in [1.29, 1.82) is 5.41 Å². The zero-order valence-corrected chi connectivity index (χ0v) is 8.88. The number of imidazole rings is 1. The largest absolute Gasteiger partial charge is 0.383 e. The van der Waals surface area contributed by atoms with Crippen molar-refractivity contribution < 1.29 is 0 Å². The Bertz CT molecular complexity index is 725. The maximum absolute atomic E-state index is 7.89. The molecule has 3 rings (SSSR count). The minimum atomic E-state index is 0.0632. The first-order chi connectivity index (χ1) is 8.27. The summed E-state index contributed by atoms with van der Waals surface area (Å²) < 4.78 is 1.57. The van der Waals surface area contributed by atoms with Crippen molar-refractivity contribution in [2.75, 3.05) is 5.73 Å². The number of aromatic nitrogens is 4. The lowest BCUT2D eigenvalue weighted by Crippen LogP contribution is -2.24. The van der Waals surface area contributed by atoms with E-state index in [2.05, 4.69) is 15.0 Å². The molecule has 0 atom stereocenters. The summed E-state index contributed by atoms with van der Waals surface area (Å²) in [7, 11) is 0. The Balaban J connectivity index is 2.40. The number of para-hydroxylation sites is 1. The van der Waals surface area contributed by atoms with E-state index in [-0.39, 0.29) is 5.62 Å². The summed E-state index contributed by atoms with van der Waals surface area (Å²) in [5.41, 5.74) is 8.00. The van der Waals surface area contributed by atoms with Crippen LogP contribution in [0.4, 0.5) is 5.82 Å². The molecule has 6 nitrogen and oxygen atoms in total. The number of benzene rings is 1. The fraction of sp³-hybridized carbons (Fsp3) is 0. The Morgan fingerprint density at radius 3 is 2.76 bits per heavy atom. The van der Waals surface area contributed by atoms with Gasteiger partial charge in [0.1, 0.15) is 11.3 Å². The molecular weight excluding hydrogens is 216 g/mol. The van der Waals surface area contributed by atoms with Gasteiger partial charge in [0.25, 0.3) is 0 Å². The second-order valence-corrected chi connectivity index (χ2v) is 3.59. The number of nitrogens with one attached hydrogen (secondary N) is 2. The first-order valence-electron chi connectivity index (χ1n) is 5.09. The van der Waals surface area contributed by atoms with Gasteiger partial charge >= 0.3 is 0 Å². The van der Waals surface area contributed by atoms with Crippen LogP contribution in [0, 0.1) is 5.41 Å². The van der Waals surface area contributed by atoms with Crippen LogP contribution in [0.2, 0.25) is 0 Å². The van der Waals surface area contributed by atoms with Gasteiger partial charge in [-0.1, -0.05) is 18.2 Å². The summed E-state index contributed by atoms with van der Waals surface area (Å²) in [5.74, 6) is 0.434. The SMILES string of the molecule is N=c1nc2nc[nH]c2c(N)n1-c1ccccc1. The third kappa shape index (κ3) is 1.38. The molecule has 0 aliphatic carbocycles. The van der Waals surface area contributed by atoms with E-state index in [0.717, 1.165) is 5.69 Å². The Morgan fingerprint density at radius 1 is 1.24 bits per heavy atom. The number of hydrogen-bond acceptors (Lipinski definition) is 4. The lowest BCUT2D eigenvalue weighted by molar-refractivity contribution is 0.873. The van der Waals surface area contributed by atoms with Crippen LogP contribution in [-0.2, 0) is 0 Å². The van der Waals surface area contributed by atoms with Crippen molar-refractivity contribution in [1.82, 2.24) is 19.5 Å². The molecule has 0 saturated carbocycles. The van der Waals surface area contributed by atoms with Gasteiger partial charge in [-0.25, -0.2) is 4.98 Å². The van der Waals surface area contributed by atoms with E-state index in [4.69, 9.17) is 11.1 Å². The molecule has 0 unspecified atom stereocenters. The van der Waals surface area contributed by atoms with Crippen LogP contribution in [0.25, 0.3) is 16.9 Å². The van der Waals surface area contributed by atoms with Crippen LogP contribution in [0.15, 0.2) is 36.7 Å². The number of nitrogens with zero attached hydrogens (tertiary/aromatic N) is 3. The first-order valence-corrected chi connectivity index (χ1v) is 5.09. The van der Waals surface area contributed by atoms with Gasteiger partial charge in [-0.15, -0.1) is 0 Å². The minimum Gasteiger partial charge on any atom is -0.383 e. The molecular formula is C11H10N6. The van der Waals surface area contributed by atoms with Crippen LogP contribution in [0.3, 0.4) is 0 Å². The number of anilines is 1. The Labute approximate surface area is 96.3 Å². The maximum atomic E-state index is 7.89. The van der Waals surface area contributed by atoms with E-state index in [1.165, 1.54) is 6.33 Å². The Morgan fingerprint density at radius 2 is 2.00 bits per heavy atom. The maximum Gasteiger partial charge on any atom is 0.230 e. The summed E-state index contributed by atoms with van der Waals surface area (Å²) >= 11 is 0. The molecule has 0 saturated heterocycles. The van der Waals surface area contributed by atoms with Crippen molar-refractivity contribution in [3.63, 3.8) is 0 Å². The third-order valence-corrected chi connectivity index (χ3v) is 2.55. The number of fused-ring (bicyclic) bond motifs is 1. The fourth-order valence-corrected chi connectivity index (χ4v) is 1.77.